The summed E-state index contributed by atoms with van der Waals surface area (Å²) in [5, 5.41) is 2.88. The molecule has 1 aromatic heterocycles. The van der Waals surface area contributed by atoms with Gasteiger partial charge in [-0.15, -0.1) is 0 Å². The van der Waals surface area contributed by atoms with Crippen molar-refractivity contribution < 1.29 is 9.59 Å². The van der Waals surface area contributed by atoms with Crippen molar-refractivity contribution in [2.24, 2.45) is 5.92 Å². The third kappa shape index (κ3) is 5.53. The van der Waals surface area contributed by atoms with Crippen molar-refractivity contribution in [3.05, 3.63) is 29.6 Å². The highest BCUT2D eigenvalue weighted by atomic mass is 16.2. The van der Waals surface area contributed by atoms with Gasteiger partial charge in [0.2, 0.25) is 11.8 Å². The standard InChI is InChI=1S/C19H30N4O2/c1-5-15-6-7-16(21-11-15)13-22(4)18(24)10-17-19(25)20-8-9-23(17)12-14(2)3/h6-7,11,14,17H,5,8-10,12-13H2,1-4H3,(H,20,25)/t17-/m1/s1. The molecule has 0 radical (unpaired) electrons. The molecule has 6 nitrogen and oxygen atoms in total. The van der Waals surface area contributed by atoms with Crippen molar-refractivity contribution >= 4 is 11.8 Å². The second kappa shape index (κ2) is 8.94. The average Bonchev–Trinajstić information content (AvgIpc) is 2.58. The van der Waals surface area contributed by atoms with E-state index in [1.54, 1.807) is 11.9 Å². The van der Waals surface area contributed by atoms with E-state index in [1.165, 1.54) is 5.56 Å². The lowest BCUT2D eigenvalue weighted by Gasteiger charge is -2.36. The summed E-state index contributed by atoms with van der Waals surface area (Å²) in [5.74, 6) is 0.388. The summed E-state index contributed by atoms with van der Waals surface area (Å²) in [5.41, 5.74) is 2.04. The minimum atomic E-state index is -0.374. The van der Waals surface area contributed by atoms with Gasteiger partial charge < -0.3 is 10.2 Å². The van der Waals surface area contributed by atoms with Gasteiger partial charge in [-0.25, -0.2) is 0 Å². The zero-order valence-electron chi connectivity index (χ0n) is 15.8. The highest BCUT2D eigenvalue weighted by Crippen LogP contribution is 2.14. The predicted octanol–water partition coefficient (Wildman–Crippen LogP) is 1.45. The molecular weight excluding hydrogens is 316 g/mol. The van der Waals surface area contributed by atoms with Gasteiger partial charge in [0.25, 0.3) is 0 Å². The van der Waals surface area contributed by atoms with E-state index in [0.29, 0.717) is 19.0 Å². The molecule has 0 saturated carbocycles. The van der Waals surface area contributed by atoms with Crippen molar-refractivity contribution in [3.8, 4) is 0 Å². The van der Waals surface area contributed by atoms with Gasteiger partial charge in [-0.2, -0.15) is 0 Å². The van der Waals surface area contributed by atoms with Crippen LogP contribution in [0.3, 0.4) is 0 Å². The van der Waals surface area contributed by atoms with Gasteiger partial charge in [-0.1, -0.05) is 26.8 Å². The highest BCUT2D eigenvalue weighted by Gasteiger charge is 2.32. The number of rotatable bonds is 7. The minimum absolute atomic E-state index is 0.0304. The molecule has 0 aromatic carbocycles. The molecule has 2 rings (SSSR count). The summed E-state index contributed by atoms with van der Waals surface area (Å²) in [4.78, 5) is 33.0. The van der Waals surface area contributed by atoms with Gasteiger partial charge in [0.05, 0.1) is 24.7 Å². The van der Waals surface area contributed by atoms with Gasteiger partial charge in [0, 0.05) is 32.9 Å². The van der Waals surface area contributed by atoms with E-state index in [2.05, 4.69) is 36.0 Å². The molecule has 1 fully saturated rings. The number of aromatic nitrogens is 1. The van der Waals surface area contributed by atoms with E-state index in [4.69, 9.17) is 0 Å². The largest absolute Gasteiger partial charge is 0.353 e. The van der Waals surface area contributed by atoms with Gasteiger partial charge in [0.1, 0.15) is 0 Å². The van der Waals surface area contributed by atoms with E-state index >= 15 is 0 Å². The lowest BCUT2D eigenvalue weighted by atomic mass is 10.1. The average molecular weight is 346 g/mol. The van der Waals surface area contributed by atoms with E-state index in [1.807, 2.05) is 18.3 Å². The van der Waals surface area contributed by atoms with Crippen LogP contribution in [-0.2, 0) is 22.6 Å². The third-order valence-corrected chi connectivity index (χ3v) is 4.53. The first-order valence-electron chi connectivity index (χ1n) is 9.10. The van der Waals surface area contributed by atoms with Crippen molar-refractivity contribution in [1.82, 2.24) is 20.1 Å². The molecule has 1 aromatic rings. The molecule has 1 N–H and O–H groups in total. The zero-order valence-corrected chi connectivity index (χ0v) is 15.8. The second-order valence-electron chi connectivity index (χ2n) is 7.16. The Balaban J connectivity index is 1.96. The van der Waals surface area contributed by atoms with Gasteiger partial charge in [-0.3, -0.25) is 19.5 Å². The summed E-state index contributed by atoms with van der Waals surface area (Å²) in [6.45, 7) is 9.08. The Kier molecular flexibility index (Phi) is 6.93. The molecule has 0 unspecified atom stereocenters. The number of amides is 2. The number of piperazine rings is 1. The number of pyridine rings is 1. The lowest BCUT2D eigenvalue weighted by molar-refractivity contribution is -0.138. The molecule has 6 heteroatoms. The fraction of sp³-hybridized carbons (Fsp3) is 0.632. The van der Waals surface area contributed by atoms with E-state index in [9.17, 15) is 9.59 Å². The molecule has 2 amide bonds. The van der Waals surface area contributed by atoms with E-state index in [0.717, 1.165) is 25.2 Å². The Hall–Kier alpha value is -1.95. The molecule has 1 saturated heterocycles. The Bertz CT molecular complexity index is 586. The number of hydrogen-bond donors (Lipinski definition) is 1. The van der Waals surface area contributed by atoms with E-state index < -0.39 is 0 Å². The maximum Gasteiger partial charge on any atom is 0.237 e. The third-order valence-electron chi connectivity index (χ3n) is 4.53. The topological polar surface area (TPSA) is 65.5 Å². The van der Waals surface area contributed by atoms with Crippen LogP contribution in [0.15, 0.2) is 18.3 Å². The Labute approximate surface area is 150 Å². The van der Waals surface area contributed by atoms with Gasteiger partial charge in [-0.05, 0) is 24.0 Å². The summed E-state index contributed by atoms with van der Waals surface area (Å²) >= 11 is 0. The van der Waals surface area contributed by atoms with Crippen LogP contribution in [0.5, 0.6) is 0 Å². The molecule has 0 aliphatic carbocycles. The second-order valence-corrected chi connectivity index (χ2v) is 7.16. The van der Waals surface area contributed by atoms with Crippen LogP contribution in [-0.4, -0.2) is 59.3 Å². The molecular formula is C19H30N4O2. The van der Waals surface area contributed by atoms with Crippen molar-refractivity contribution in [3.63, 3.8) is 0 Å². The van der Waals surface area contributed by atoms with Gasteiger partial charge in [0.15, 0.2) is 0 Å². The maximum absolute atomic E-state index is 12.6. The van der Waals surface area contributed by atoms with Crippen LogP contribution in [0.2, 0.25) is 0 Å². The number of aryl methyl sites for hydroxylation is 1. The monoisotopic (exact) mass is 346 g/mol. The molecule has 138 valence electrons. The van der Waals surface area contributed by atoms with Gasteiger partial charge >= 0.3 is 0 Å². The normalized spacial score (nSPS) is 18.3. The van der Waals surface area contributed by atoms with Crippen molar-refractivity contribution in [1.29, 1.82) is 0 Å². The maximum atomic E-state index is 12.6. The summed E-state index contributed by atoms with van der Waals surface area (Å²) in [6, 6.07) is 3.63. The Morgan fingerprint density at radius 3 is 2.80 bits per heavy atom. The Morgan fingerprint density at radius 2 is 2.20 bits per heavy atom. The van der Waals surface area contributed by atoms with Crippen LogP contribution in [0, 0.1) is 5.92 Å². The highest BCUT2D eigenvalue weighted by molar-refractivity contribution is 5.88. The van der Waals surface area contributed by atoms with Crippen LogP contribution >= 0.6 is 0 Å². The first kappa shape index (κ1) is 19.4. The minimum Gasteiger partial charge on any atom is -0.353 e. The smallest absolute Gasteiger partial charge is 0.237 e. The quantitative estimate of drug-likeness (QED) is 0.811. The van der Waals surface area contributed by atoms with Crippen LogP contribution in [0.4, 0.5) is 0 Å². The number of hydrogen-bond acceptors (Lipinski definition) is 4. The predicted molar refractivity (Wildman–Crippen MR) is 97.9 cm³/mol. The molecule has 25 heavy (non-hydrogen) atoms. The van der Waals surface area contributed by atoms with Crippen molar-refractivity contribution in [2.45, 2.75) is 46.2 Å². The number of nitrogens with one attached hydrogen (secondary N) is 1. The Morgan fingerprint density at radius 1 is 1.44 bits per heavy atom. The first-order valence-corrected chi connectivity index (χ1v) is 9.10. The first-order chi connectivity index (χ1) is 11.9. The molecule has 1 atom stereocenters. The molecule has 1 aliphatic heterocycles. The molecule has 0 bridgehead atoms. The van der Waals surface area contributed by atoms with Crippen LogP contribution in [0.25, 0.3) is 0 Å². The lowest BCUT2D eigenvalue weighted by Crippen LogP contribution is -2.57. The number of carbonyl (C=O) groups excluding carboxylic acids is 2. The summed E-state index contributed by atoms with van der Waals surface area (Å²) in [6.07, 6.45) is 3.01. The van der Waals surface area contributed by atoms with Crippen LogP contribution < -0.4 is 5.32 Å². The fourth-order valence-corrected chi connectivity index (χ4v) is 3.08. The van der Waals surface area contributed by atoms with Crippen molar-refractivity contribution in [2.75, 3.05) is 26.7 Å². The SMILES string of the molecule is CCc1ccc(CN(C)C(=O)C[C@@H]2C(=O)NCCN2CC(C)C)nc1. The zero-order chi connectivity index (χ0) is 18.4. The molecule has 0 spiro atoms. The fourth-order valence-electron chi connectivity index (χ4n) is 3.08. The number of carbonyl (C=O) groups is 2. The van der Waals surface area contributed by atoms with Crippen LogP contribution in [0.1, 0.15) is 38.4 Å². The molecule has 2 heterocycles. The number of nitrogens with zero attached hydrogens (tertiary/aromatic N) is 3. The molecule has 1 aliphatic rings. The summed E-state index contributed by atoms with van der Waals surface area (Å²) in [7, 11) is 1.77. The van der Waals surface area contributed by atoms with E-state index in [-0.39, 0.29) is 24.3 Å². The summed E-state index contributed by atoms with van der Waals surface area (Å²) < 4.78 is 0.